The molecule has 0 unspecified atom stereocenters. The normalized spacial score (nSPS) is 11.1. The van der Waals surface area contributed by atoms with Gasteiger partial charge in [-0.2, -0.15) is 0 Å². The Morgan fingerprint density at radius 1 is 1.35 bits per heavy atom. The molecule has 0 aliphatic heterocycles. The maximum atomic E-state index is 11.1. The Hall–Kier alpha value is -2.30. The van der Waals surface area contributed by atoms with Crippen LogP contribution in [0, 0.1) is 0 Å². The number of carboxylic acid groups (broad SMARTS) is 1. The molecule has 17 heavy (non-hydrogen) atoms. The summed E-state index contributed by atoms with van der Waals surface area (Å²) in [5.41, 5.74) is 0.0745. The van der Waals surface area contributed by atoms with E-state index in [0.717, 1.165) is 0 Å². The Bertz CT molecular complexity index is 472. The van der Waals surface area contributed by atoms with Crippen LogP contribution in [0.4, 0.5) is 0 Å². The fourth-order valence-electron chi connectivity index (χ4n) is 1.28. The number of hydrogen-bond donors (Lipinski definition) is 2. The maximum Gasteiger partial charge on any atom is 0.339 e. The average molecular weight is 236 g/mol. The van der Waals surface area contributed by atoms with Gasteiger partial charge in [-0.05, 0) is 30.7 Å². The zero-order valence-corrected chi connectivity index (χ0v) is 9.43. The number of phenolic OH excluding ortho intramolecular Hbond substituents is 1. The minimum atomic E-state index is -1.30. The van der Waals surface area contributed by atoms with Crippen LogP contribution in [0.25, 0.3) is 6.08 Å². The number of aromatic hydroxyl groups is 1. The van der Waals surface area contributed by atoms with Crippen molar-refractivity contribution in [1.29, 1.82) is 0 Å². The van der Waals surface area contributed by atoms with Gasteiger partial charge in [0.1, 0.15) is 5.57 Å². The second-order valence-corrected chi connectivity index (χ2v) is 3.35. The second-order valence-electron chi connectivity index (χ2n) is 3.35. The number of carbonyl (C=O) groups excluding carboxylic acids is 1. The number of ketones is 1. The van der Waals surface area contributed by atoms with Crippen molar-refractivity contribution < 1.29 is 24.5 Å². The Labute approximate surface area is 98.0 Å². The number of Topliss-reactive ketones (excluding diaryl/α,β-unsaturated/α-hetero) is 1. The van der Waals surface area contributed by atoms with Crippen molar-refractivity contribution in [2.75, 3.05) is 7.11 Å². The van der Waals surface area contributed by atoms with Gasteiger partial charge >= 0.3 is 5.97 Å². The average Bonchev–Trinajstić information content (AvgIpc) is 2.25. The molecule has 0 fully saturated rings. The summed E-state index contributed by atoms with van der Waals surface area (Å²) in [7, 11) is 1.41. The first-order valence-electron chi connectivity index (χ1n) is 4.78. The zero-order valence-electron chi connectivity index (χ0n) is 9.43. The Kier molecular flexibility index (Phi) is 3.87. The van der Waals surface area contributed by atoms with E-state index in [1.807, 2.05) is 0 Å². The summed E-state index contributed by atoms with van der Waals surface area (Å²) >= 11 is 0. The van der Waals surface area contributed by atoms with Gasteiger partial charge in [0.2, 0.25) is 0 Å². The van der Waals surface area contributed by atoms with E-state index >= 15 is 0 Å². The quantitative estimate of drug-likeness (QED) is 0.469. The third-order valence-electron chi connectivity index (χ3n) is 2.12. The van der Waals surface area contributed by atoms with Gasteiger partial charge in [0.15, 0.2) is 17.3 Å². The number of carbonyl (C=O) groups is 2. The van der Waals surface area contributed by atoms with Gasteiger partial charge in [0, 0.05) is 0 Å². The van der Waals surface area contributed by atoms with E-state index in [1.54, 1.807) is 6.07 Å². The molecule has 0 atom stereocenters. The molecule has 2 N–H and O–H groups in total. The van der Waals surface area contributed by atoms with Gasteiger partial charge in [-0.15, -0.1) is 0 Å². The lowest BCUT2D eigenvalue weighted by Crippen LogP contribution is -2.08. The van der Waals surface area contributed by atoms with E-state index in [0.29, 0.717) is 5.56 Å². The van der Waals surface area contributed by atoms with E-state index in [2.05, 4.69) is 0 Å². The van der Waals surface area contributed by atoms with Crippen molar-refractivity contribution in [3.63, 3.8) is 0 Å². The van der Waals surface area contributed by atoms with E-state index in [4.69, 9.17) is 9.84 Å². The van der Waals surface area contributed by atoms with E-state index < -0.39 is 11.8 Å². The van der Waals surface area contributed by atoms with Crippen molar-refractivity contribution in [3.8, 4) is 11.5 Å². The monoisotopic (exact) mass is 236 g/mol. The van der Waals surface area contributed by atoms with Crippen molar-refractivity contribution >= 4 is 17.8 Å². The van der Waals surface area contributed by atoms with Gasteiger partial charge in [0.05, 0.1) is 7.11 Å². The summed E-state index contributed by atoms with van der Waals surface area (Å²) in [5, 5.41) is 18.3. The molecule has 0 amide bonds. The lowest BCUT2D eigenvalue weighted by molar-refractivity contribution is -0.134. The predicted molar refractivity (Wildman–Crippen MR) is 61.0 cm³/mol. The number of carboxylic acids is 1. The van der Waals surface area contributed by atoms with Crippen LogP contribution in [0.2, 0.25) is 0 Å². The first-order chi connectivity index (χ1) is 7.95. The lowest BCUT2D eigenvalue weighted by atomic mass is 10.1. The first-order valence-corrected chi connectivity index (χ1v) is 4.78. The summed E-state index contributed by atoms with van der Waals surface area (Å²) in [6.07, 6.45) is 1.20. The molecule has 1 aromatic rings. The third kappa shape index (κ3) is 3.07. The highest BCUT2D eigenvalue weighted by Gasteiger charge is 2.13. The Balaban J connectivity index is 3.17. The van der Waals surface area contributed by atoms with Crippen LogP contribution < -0.4 is 4.74 Å². The van der Waals surface area contributed by atoms with Crippen molar-refractivity contribution in [1.82, 2.24) is 0 Å². The molecule has 5 nitrogen and oxygen atoms in total. The number of rotatable bonds is 4. The van der Waals surface area contributed by atoms with E-state index in [9.17, 15) is 14.7 Å². The van der Waals surface area contributed by atoms with Crippen LogP contribution in [0.3, 0.4) is 0 Å². The number of phenols is 1. The molecular formula is C12H12O5. The van der Waals surface area contributed by atoms with Crippen LogP contribution in [0.15, 0.2) is 23.8 Å². The van der Waals surface area contributed by atoms with Gasteiger partial charge in [0.25, 0.3) is 0 Å². The molecule has 1 aromatic carbocycles. The highest BCUT2D eigenvalue weighted by atomic mass is 16.5. The van der Waals surface area contributed by atoms with Crippen molar-refractivity contribution in [2.24, 2.45) is 0 Å². The summed E-state index contributed by atoms with van der Waals surface area (Å²) in [5.74, 6) is -1.68. The largest absolute Gasteiger partial charge is 0.504 e. The van der Waals surface area contributed by atoms with Crippen LogP contribution >= 0.6 is 0 Å². The van der Waals surface area contributed by atoms with Gasteiger partial charge < -0.3 is 14.9 Å². The molecule has 0 aromatic heterocycles. The van der Waals surface area contributed by atoms with Crippen molar-refractivity contribution in [2.45, 2.75) is 6.92 Å². The smallest absolute Gasteiger partial charge is 0.339 e. The number of ether oxygens (including phenoxy) is 1. The van der Waals surface area contributed by atoms with Crippen LogP contribution in [-0.2, 0) is 9.59 Å². The van der Waals surface area contributed by atoms with Crippen LogP contribution in [-0.4, -0.2) is 29.1 Å². The Morgan fingerprint density at radius 3 is 2.41 bits per heavy atom. The summed E-state index contributed by atoms with van der Waals surface area (Å²) < 4.78 is 4.85. The van der Waals surface area contributed by atoms with Gasteiger partial charge in [-0.3, -0.25) is 4.79 Å². The topological polar surface area (TPSA) is 83.8 Å². The first kappa shape index (κ1) is 12.8. The lowest BCUT2D eigenvalue weighted by Gasteiger charge is -2.04. The highest BCUT2D eigenvalue weighted by molar-refractivity contribution is 6.19. The van der Waals surface area contributed by atoms with Crippen LogP contribution in [0.1, 0.15) is 12.5 Å². The molecule has 90 valence electrons. The summed E-state index contributed by atoms with van der Waals surface area (Å²) in [6.45, 7) is 1.17. The fraction of sp³-hybridized carbons (Fsp3) is 0.167. The van der Waals surface area contributed by atoms with Crippen LogP contribution in [0.5, 0.6) is 11.5 Å². The molecule has 1 rings (SSSR count). The zero-order chi connectivity index (χ0) is 13.0. The Morgan fingerprint density at radius 2 is 2.00 bits per heavy atom. The molecule has 0 saturated carbocycles. The minimum Gasteiger partial charge on any atom is -0.504 e. The molecule has 0 saturated heterocycles. The van der Waals surface area contributed by atoms with Gasteiger partial charge in [-0.25, -0.2) is 4.79 Å². The van der Waals surface area contributed by atoms with Crippen molar-refractivity contribution in [3.05, 3.63) is 29.3 Å². The second kappa shape index (κ2) is 5.16. The molecule has 0 heterocycles. The predicted octanol–water partition coefficient (Wildman–Crippen LogP) is 1.46. The number of aliphatic carboxylic acids is 1. The SMILES string of the molecule is COc1ccc(C=C(C(C)=O)C(=O)O)cc1O. The maximum absolute atomic E-state index is 11.1. The number of benzene rings is 1. The van der Waals surface area contributed by atoms with E-state index in [1.165, 1.54) is 32.2 Å². The number of hydrogen-bond acceptors (Lipinski definition) is 4. The summed E-state index contributed by atoms with van der Waals surface area (Å²) in [4.78, 5) is 21.8. The summed E-state index contributed by atoms with van der Waals surface area (Å²) in [6, 6.07) is 4.36. The standard InChI is InChI=1S/C12H12O5/c1-7(13)9(12(15)16)5-8-3-4-11(17-2)10(14)6-8/h3-6,14H,1-2H3,(H,15,16). The highest BCUT2D eigenvalue weighted by Crippen LogP contribution is 2.27. The molecule has 0 aliphatic carbocycles. The molecule has 5 heteroatoms. The third-order valence-corrected chi connectivity index (χ3v) is 2.12. The fourth-order valence-corrected chi connectivity index (χ4v) is 1.28. The molecule has 0 bridgehead atoms. The number of methoxy groups -OCH3 is 1. The molecule has 0 spiro atoms. The van der Waals surface area contributed by atoms with Gasteiger partial charge in [-0.1, -0.05) is 6.07 Å². The minimum absolute atomic E-state index is 0.116. The molecule has 0 aliphatic rings. The molecule has 0 radical (unpaired) electrons. The van der Waals surface area contributed by atoms with E-state index in [-0.39, 0.29) is 17.1 Å². The molecular weight excluding hydrogens is 224 g/mol.